The molecule has 0 aliphatic rings. The molecule has 3 unspecified atom stereocenters. The molecule has 0 aliphatic carbocycles. The second-order valence-corrected chi connectivity index (χ2v) is 7.89. The van der Waals surface area contributed by atoms with Gasteiger partial charge >= 0.3 is 23.9 Å². The molecule has 0 aromatic heterocycles. The number of carboxylic acid groups (broad SMARTS) is 4. The number of nitrogens with one attached hydrogen (secondary N) is 4. The van der Waals surface area contributed by atoms with Crippen molar-refractivity contribution in [1.29, 1.82) is 0 Å². The number of unbranched alkanes of at least 4 members (excludes halogenated alkanes) is 2. The maximum Gasteiger partial charge on any atom is 0.320 e. The summed E-state index contributed by atoms with van der Waals surface area (Å²) in [4.78, 5) is 44.6. The van der Waals surface area contributed by atoms with Gasteiger partial charge in [-0.25, -0.2) is 0 Å². The number of hydrogen-bond acceptors (Lipinski definition) is 8. The normalized spacial score (nSPS) is 13.8. The smallest absolute Gasteiger partial charge is 0.320 e. The van der Waals surface area contributed by atoms with Crippen LogP contribution in [0.25, 0.3) is 0 Å². The van der Waals surface area contributed by atoms with Crippen LogP contribution in [-0.4, -0.2) is 88.7 Å². The number of hydrogen-bond donors (Lipinski definition) is 8. The van der Waals surface area contributed by atoms with Crippen LogP contribution >= 0.6 is 0 Å². The van der Waals surface area contributed by atoms with Crippen molar-refractivity contribution in [2.75, 3.05) is 26.3 Å². The van der Waals surface area contributed by atoms with Crippen LogP contribution < -0.4 is 21.3 Å². The Morgan fingerprint density at radius 2 is 1.15 bits per heavy atom. The summed E-state index contributed by atoms with van der Waals surface area (Å²) in [6.07, 6.45) is 4.56. The van der Waals surface area contributed by atoms with Gasteiger partial charge in [0.15, 0.2) is 0 Å². The number of aliphatic carboxylic acids is 4. The Morgan fingerprint density at radius 3 is 1.70 bits per heavy atom. The summed E-state index contributed by atoms with van der Waals surface area (Å²) in [5, 5.41) is 48.0. The Balaban J connectivity index is 4.23. The minimum Gasteiger partial charge on any atom is -0.481 e. The lowest BCUT2D eigenvalue weighted by Gasteiger charge is -2.19. The first-order chi connectivity index (χ1) is 15.7. The molecule has 0 aliphatic heterocycles. The topological polar surface area (TPSA) is 197 Å². The van der Waals surface area contributed by atoms with E-state index in [1.165, 1.54) is 0 Å². The lowest BCUT2D eigenvalue weighted by Crippen LogP contribution is -2.47. The summed E-state index contributed by atoms with van der Waals surface area (Å²) in [5.74, 6) is -4.38. The van der Waals surface area contributed by atoms with Gasteiger partial charge in [-0.2, -0.15) is 0 Å². The molecule has 0 radical (unpaired) electrons. The summed E-state index contributed by atoms with van der Waals surface area (Å²) in [5.41, 5.74) is 0. The van der Waals surface area contributed by atoms with Crippen molar-refractivity contribution < 1.29 is 39.6 Å². The van der Waals surface area contributed by atoms with E-state index in [9.17, 15) is 29.4 Å². The fourth-order valence-electron chi connectivity index (χ4n) is 3.12. The van der Waals surface area contributed by atoms with Crippen LogP contribution in [0.5, 0.6) is 0 Å². The van der Waals surface area contributed by atoms with Gasteiger partial charge in [-0.1, -0.05) is 19.8 Å². The van der Waals surface area contributed by atoms with Gasteiger partial charge in [-0.3, -0.25) is 29.8 Å². The first kappa shape index (κ1) is 30.7. The van der Waals surface area contributed by atoms with Crippen LogP contribution in [0.4, 0.5) is 0 Å². The van der Waals surface area contributed by atoms with Crippen molar-refractivity contribution in [3.05, 3.63) is 0 Å². The predicted octanol–water partition coefficient (Wildman–Crippen LogP) is 0.277. The van der Waals surface area contributed by atoms with Gasteiger partial charge < -0.3 is 31.1 Å². The molecular weight excluding hydrogens is 436 g/mol. The van der Waals surface area contributed by atoms with Gasteiger partial charge in [0, 0.05) is 13.1 Å². The highest BCUT2D eigenvalue weighted by molar-refractivity contribution is 5.75. The summed E-state index contributed by atoms with van der Waals surface area (Å²) in [7, 11) is 0. The monoisotopic (exact) mass is 476 g/mol. The lowest BCUT2D eigenvalue weighted by atomic mass is 10.1. The molecular formula is C21H40N4O8. The Morgan fingerprint density at radius 1 is 0.636 bits per heavy atom. The Labute approximate surface area is 194 Å². The van der Waals surface area contributed by atoms with E-state index in [0.717, 1.165) is 38.8 Å². The minimum atomic E-state index is -1.22. The van der Waals surface area contributed by atoms with Crippen molar-refractivity contribution in [2.45, 2.75) is 82.8 Å². The highest BCUT2D eigenvalue weighted by Gasteiger charge is 2.21. The molecule has 0 bridgehead atoms. The molecule has 3 atom stereocenters. The zero-order valence-corrected chi connectivity index (χ0v) is 19.3. The summed E-state index contributed by atoms with van der Waals surface area (Å²) < 4.78 is 0. The second kappa shape index (κ2) is 19.2. The highest BCUT2D eigenvalue weighted by atomic mass is 16.4. The van der Waals surface area contributed by atoms with E-state index in [4.69, 9.17) is 10.2 Å². The largest absolute Gasteiger partial charge is 0.481 e. The third kappa shape index (κ3) is 16.9. The maximum atomic E-state index is 11.4. The Bertz CT molecular complexity index is 591. The van der Waals surface area contributed by atoms with Gasteiger partial charge in [-0.05, 0) is 58.2 Å². The predicted molar refractivity (Wildman–Crippen MR) is 121 cm³/mol. The highest BCUT2D eigenvalue weighted by Crippen LogP contribution is 2.03. The number of rotatable bonds is 23. The van der Waals surface area contributed by atoms with Crippen LogP contribution in [0.1, 0.15) is 64.7 Å². The third-order valence-electron chi connectivity index (χ3n) is 5.10. The third-order valence-corrected chi connectivity index (χ3v) is 5.10. The van der Waals surface area contributed by atoms with E-state index < -0.39 is 42.0 Å². The molecule has 192 valence electrons. The van der Waals surface area contributed by atoms with Crippen LogP contribution in [0, 0.1) is 0 Å². The van der Waals surface area contributed by atoms with Crippen LogP contribution in [0.15, 0.2) is 0 Å². The molecule has 0 rings (SSSR count). The SMILES string of the molecule is CCCCNCCCCC(NCCCC(NCNC(CCC(=O)O)C(=O)O)C(=O)O)C(=O)O. The number of carbonyl (C=O) groups is 4. The van der Waals surface area contributed by atoms with Crippen molar-refractivity contribution in [3.63, 3.8) is 0 Å². The van der Waals surface area contributed by atoms with E-state index in [0.29, 0.717) is 19.4 Å². The summed E-state index contributed by atoms with van der Waals surface area (Å²) >= 11 is 0. The molecule has 12 nitrogen and oxygen atoms in total. The van der Waals surface area contributed by atoms with E-state index >= 15 is 0 Å². The van der Waals surface area contributed by atoms with E-state index in [1.54, 1.807) is 0 Å². The maximum absolute atomic E-state index is 11.4. The second-order valence-electron chi connectivity index (χ2n) is 7.89. The zero-order valence-electron chi connectivity index (χ0n) is 19.3. The van der Waals surface area contributed by atoms with Crippen LogP contribution in [-0.2, 0) is 19.2 Å². The first-order valence-electron chi connectivity index (χ1n) is 11.5. The van der Waals surface area contributed by atoms with Crippen LogP contribution in [0.3, 0.4) is 0 Å². The van der Waals surface area contributed by atoms with E-state index in [2.05, 4.69) is 28.2 Å². The van der Waals surface area contributed by atoms with Crippen molar-refractivity contribution >= 4 is 23.9 Å². The fraction of sp³-hybridized carbons (Fsp3) is 0.810. The quantitative estimate of drug-likeness (QED) is 0.0741. The Kier molecular flexibility index (Phi) is 17.9. The minimum absolute atomic E-state index is 0.120. The summed E-state index contributed by atoms with van der Waals surface area (Å²) in [6.45, 7) is 4.15. The average Bonchev–Trinajstić information content (AvgIpc) is 2.74. The fourth-order valence-corrected chi connectivity index (χ4v) is 3.12. The molecule has 33 heavy (non-hydrogen) atoms. The molecule has 0 aromatic carbocycles. The van der Waals surface area contributed by atoms with E-state index in [1.807, 2.05) is 0 Å². The molecule has 0 spiro atoms. The average molecular weight is 477 g/mol. The molecule has 12 heteroatoms. The molecule has 0 heterocycles. The van der Waals surface area contributed by atoms with Gasteiger partial charge in [0.25, 0.3) is 0 Å². The van der Waals surface area contributed by atoms with Crippen LogP contribution in [0.2, 0.25) is 0 Å². The van der Waals surface area contributed by atoms with Gasteiger partial charge in [0.05, 0.1) is 0 Å². The summed E-state index contributed by atoms with van der Waals surface area (Å²) in [6, 6.07) is -2.75. The van der Waals surface area contributed by atoms with E-state index in [-0.39, 0.29) is 25.9 Å². The molecule has 0 aromatic rings. The van der Waals surface area contributed by atoms with Gasteiger partial charge in [0.1, 0.15) is 18.1 Å². The standard InChI is InChI=1S/C21H40N4O8/c1-2-3-11-22-12-5-4-7-15(19(28)29)23-13-6-8-16(20(30)31)24-14-25-17(21(32)33)9-10-18(26)27/h15-17,22-25H,2-14H2,1H3,(H,26,27)(H,28,29)(H,30,31)(H,32,33). The first-order valence-corrected chi connectivity index (χ1v) is 11.5. The van der Waals surface area contributed by atoms with Crippen molar-refractivity contribution in [2.24, 2.45) is 0 Å². The zero-order chi connectivity index (χ0) is 25.1. The number of carboxylic acids is 4. The van der Waals surface area contributed by atoms with Crippen molar-refractivity contribution in [3.8, 4) is 0 Å². The van der Waals surface area contributed by atoms with Gasteiger partial charge in [0.2, 0.25) is 0 Å². The lowest BCUT2D eigenvalue weighted by molar-refractivity contribution is -0.141. The molecule has 0 saturated carbocycles. The van der Waals surface area contributed by atoms with Gasteiger partial charge in [-0.15, -0.1) is 0 Å². The van der Waals surface area contributed by atoms with Crippen molar-refractivity contribution in [1.82, 2.24) is 21.3 Å². The molecule has 0 fully saturated rings. The molecule has 0 saturated heterocycles. The Hall–Kier alpha value is -2.28. The molecule has 0 amide bonds. The molecule has 8 N–H and O–H groups in total.